The number of anilines is 1. The molecule has 0 bridgehead atoms. The van der Waals surface area contributed by atoms with Crippen molar-refractivity contribution in [3.63, 3.8) is 0 Å². The van der Waals surface area contributed by atoms with Gasteiger partial charge in [0.1, 0.15) is 5.75 Å². The summed E-state index contributed by atoms with van der Waals surface area (Å²) in [6.07, 6.45) is 2.78. The number of amides is 1. The van der Waals surface area contributed by atoms with Crippen LogP contribution in [-0.2, 0) is 14.3 Å². The number of Topliss-reactive ketones (excluding diaryl/α,β-unsaturated/α-hetero) is 1. The van der Waals surface area contributed by atoms with Crippen LogP contribution >= 0.6 is 0 Å². The van der Waals surface area contributed by atoms with Crippen molar-refractivity contribution >= 4 is 29.4 Å². The highest BCUT2D eigenvalue weighted by Gasteiger charge is 2.18. The number of nitrogens with one attached hydrogen (secondary N) is 1. The first-order valence-corrected chi connectivity index (χ1v) is 9.25. The van der Waals surface area contributed by atoms with Gasteiger partial charge in [0.05, 0.1) is 19.4 Å². The number of ketones is 1. The van der Waals surface area contributed by atoms with Crippen LogP contribution in [0.15, 0.2) is 42.5 Å². The second kappa shape index (κ2) is 9.60. The zero-order valence-electron chi connectivity index (χ0n) is 16.6. The van der Waals surface area contributed by atoms with Crippen LogP contribution in [0.3, 0.4) is 0 Å². The number of ether oxygens (including phenoxy) is 4. The van der Waals surface area contributed by atoms with Crippen LogP contribution in [0.4, 0.5) is 5.69 Å². The maximum absolute atomic E-state index is 12.3. The molecule has 0 unspecified atom stereocenters. The molecule has 3 rings (SSSR count). The third-order valence-electron chi connectivity index (χ3n) is 4.18. The van der Waals surface area contributed by atoms with E-state index in [0.717, 1.165) is 0 Å². The van der Waals surface area contributed by atoms with Gasteiger partial charge in [-0.05, 0) is 48.9 Å². The first-order valence-electron chi connectivity index (χ1n) is 9.25. The molecular weight excluding hydrogens is 390 g/mol. The highest BCUT2D eigenvalue weighted by atomic mass is 16.5. The molecule has 0 fully saturated rings. The molecule has 0 radical (unpaired) electrons. The number of hydrogen-bond donors (Lipinski definition) is 1. The fourth-order valence-corrected chi connectivity index (χ4v) is 2.75. The first-order chi connectivity index (χ1) is 14.5. The van der Waals surface area contributed by atoms with Crippen molar-refractivity contribution in [2.75, 3.05) is 32.2 Å². The minimum atomic E-state index is -0.661. The maximum atomic E-state index is 12.3. The van der Waals surface area contributed by atoms with E-state index in [1.165, 1.54) is 19.3 Å². The van der Waals surface area contributed by atoms with E-state index in [0.29, 0.717) is 40.7 Å². The molecule has 156 valence electrons. The number of fused-ring (bicyclic) bond motifs is 1. The van der Waals surface area contributed by atoms with Crippen molar-refractivity contribution in [2.24, 2.45) is 0 Å². The van der Waals surface area contributed by atoms with E-state index in [4.69, 9.17) is 18.9 Å². The van der Waals surface area contributed by atoms with Crippen LogP contribution in [0.25, 0.3) is 6.08 Å². The highest BCUT2D eigenvalue weighted by Crippen LogP contribution is 2.29. The lowest BCUT2D eigenvalue weighted by Crippen LogP contribution is -2.25. The Labute approximate surface area is 173 Å². The predicted octanol–water partition coefficient (Wildman–Crippen LogP) is 2.86. The van der Waals surface area contributed by atoms with E-state index in [1.807, 2.05) is 6.92 Å². The second-order valence-corrected chi connectivity index (χ2v) is 6.26. The summed E-state index contributed by atoms with van der Waals surface area (Å²) in [5.41, 5.74) is 1.42. The minimum Gasteiger partial charge on any atom is -0.493 e. The zero-order chi connectivity index (χ0) is 21.5. The highest BCUT2D eigenvalue weighted by molar-refractivity contribution is 6.02. The number of esters is 1. The fraction of sp³-hybridized carbons (Fsp3) is 0.227. The molecule has 0 atom stereocenters. The van der Waals surface area contributed by atoms with Crippen molar-refractivity contribution < 1.29 is 33.3 Å². The van der Waals surface area contributed by atoms with Gasteiger partial charge in [-0.15, -0.1) is 0 Å². The molecule has 30 heavy (non-hydrogen) atoms. The normalized spacial score (nSPS) is 12.5. The lowest BCUT2D eigenvalue weighted by molar-refractivity contribution is -0.136. The Balaban J connectivity index is 1.57. The Kier molecular flexibility index (Phi) is 6.69. The summed E-state index contributed by atoms with van der Waals surface area (Å²) in [4.78, 5) is 35.6. The van der Waals surface area contributed by atoms with Gasteiger partial charge in [0, 0.05) is 11.6 Å². The number of benzene rings is 2. The Bertz CT molecular complexity index is 997. The third kappa shape index (κ3) is 5.16. The molecular formula is C22H21NO7. The first kappa shape index (κ1) is 20.9. The SMILES string of the molecule is CCOc1ccc(/C=C/C(=O)OCC(=O)c2ccc3c(c2)NC(=O)CO3)cc1OC. The van der Waals surface area contributed by atoms with Gasteiger partial charge in [-0.25, -0.2) is 4.79 Å². The Hall–Kier alpha value is -3.81. The summed E-state index contributed by atoms with van der Waals surface area (Å²) >= 11 is 0. The van der Waals surface area contributed by atoms with E-state index >= 15 is 0 Å². The van der Waals surface area contributed by atoms with E-state index in [1.54, 1.807) is 36.4 Å². The standard InChI is InChI=1S/C22H21NO7/c1-3-28-19-7-4-14(10-20(19)27-2)5-9-22(26)30-12-17(24)15-6-8-18-16(11-15)23-21(25)13-29-18/h4-11H,3,12-13H2,1-2H3,(H,23,25)/b9-5+. The van der Waals surface area contributed by atoms with Gasteiger partial charge in [-0.1, -0.05) is 6.07 Å². The van der Waals surface area contributed by atoms with Crippen LogP contribution in [0, 0.1) is 0 Å². The van der Waals surface area contributed by atoms with E-state index in [9.17, 15) is 14.4 Å². The van der Waals surface area contributed by atoms with Crippen molar-refractivity contribution in [1.29, 1.82) is 0 Å². The number of carbonyl (C=O) groups is 3. The number of rotatable bonds is 8. The molecule has 2 aromatic carbocycles. The van der Waals surface area contributed by atoms with Crippen LogP contribution in [0.1, 0.15) is 22.8 Å². The Morgan fingerprint density at radius 2 is 2.00 bits per heavy atom. The molecule has 1 aliphatic rings. The molecule has 1 heterocycles. The van der Waals surface area contributed by atoms with Crippen molar-refractivity contribution in [2.45, 2.75) is 6.92 Å². The average Bonchev–Trinajstić information content (AvgIpc) is 2.76. The van der Waals surface area contributed by atoms with Gasteiger partial charge in [0.15, 0.2) is 30.5 Å². The van der Waals surface area contributed by atoms with Gasteiger partial charge in [0.25, 0.3) is 5.91 Å². The van der Waals surface area contributed by atoms with Gasteiger partial charge < -0.3 is 24.3 Å². The number of methoxy groups -OCH3 is 1. The molecule has 0 saturated carbocycles. The molecule has 0 spiro atoms. The fourth-order valence-electron chi connectivity index (χ4n) is 2.75. The monoisotopic (exact) mass is 411 g/mol. The summed E-state index contributed by atoms with van der Waals surface area (Å²) in [6, 6.07) is 9.87. The molecule has 0 aromatic heterocycles. The van der Waals surface area contributed by atoms with Gasteiger partial charge in [-0.3, -0.25) is 9.59 Å². The summed E-state index contributed by atoms with van der Waals surface area (Å²) in [5, 5.41) is 2.63. The lowest BCUT2D eigenvalue weighted by Gasteiger charge is -2.18. The number of hydrogen-bond acceptors (Lipinski definition) is 7. The minimum absolute atomic E-state index is 0.0650. The maximum Gasteiger partial charge on any atom is 0.331 e. The zero-order valence-corrected chi connectivity index (χ0v) is 16.6. The van der Waals surface area contributed by atoms with Crippen LogP contribution in [-0.4, -0.2) is 44.6 Å². The van der Waals surface area contributed by atoms with E-state index in [-0.39, 0.29) is 12.5 Å². The topological polar surface area (TPSA) is 100 Å². The second-order valence-electron chi connectivity index (χ2n) is 6.26. The summed E-state index contributed by atoms with van der Waals surface area (Å²) in [6.45, 7) is 1.89. The van der Waals surface area contributed by atoms with Crippen LogP contribution < -0.4 is 19.5 Å². The summed E-state index contributed by atoms with van der Waals surface area (Å²) in [5.74, 6) is 0.280. The third-order valence-corrected chi connectivity index (χ3v) is 4.18. The van der Waals surface area contributed by atoms with Gasteiger partial charge in [-0.2, -0.15) is 0 Å². The quantitative estimate of drug-likeness (QED) is 0.405. The molecule has 8 nitrogen and oxygen atoms in total. The Morgan fingerprint density at radius 3 is 2.77 bits per heavy atom. The largest absolute Gasteiger partial charge is 0.493 e. The molecule has 0 aliphatic carbocycles. The van der Waals surface area contributed by atoms with Crippen molar-refractivity contribution in [3.05, 3.63) is 53.6 Å². The van der Waals surface area contributed by atoms with Crippen LogP contribution in [0.5, 0.6) is 17.2 Å². The average molecular weight is 411 g/mol. The van der Waals surface area contributed by atoms with Crippen LogP contribution in [0.2, 0.25) is 0 Å². The Morgan fingerprint density at radius 1 is 1.17 bits per heavy atom. The van der Waals surface area contributed by atoms with Gasteiger partial charge >= 0.3 is 5.97 Å². The molecule has 8 heteroatoms. The molecule has 1 amide bonds. The van der Waals surface area contributed by atoms with Gasteiger partial charge in [0.2, 0.25) is 0 Å². The van der Waals surface area contributed by atoms with E-state index in [2.05, 4.69) is 5.32 Å². The van der Waals surface area contributed by atoms with Crippen molar-refractivity contribution in [3.8, 4) is 17.2 Å². The number of carbonyl (C=O) groups excluding carboxylic acids is 3. The van der Waals surface area contributed by atoms with E-state index < -0.39 is 18.4 Å². The molecule has 2 aromatic rings. The molecule has 1 N–H and O–H groups in total. The molecule has 1 aliphatic heterocycles. The predicted molar refractivity (Wildman–Crippen MR) is 109 cm³/mol. The summed E-state index contributed by atoms with van der Waals surface area (Å²) < 4.78 is 21.0. The van der Waals surface area contributed by atoms with Crippen molar-refractivity contribution in [1.82, 2.24) is 0 Å². The summed E-state index contributed by atoms with van der Waals surface area (Å²) in [7, 11) is 1.53. The lowest BCUT2D eigenvalue weighted by atomic mass is 10.1. The smallest absolute Gasteiger partial charge is 0.331 e. The molecule has 0 saturated heterocycles.